The Bertz CT molecular complexity index is 1210. The number of fused-ring (bicyclic) bond motifs is 1. The second kappa shape index (κ2) is 8.17. The first kappa shape index (κ1) is 19.9. The molecule has 0 aliphatic carbocycles. The Labute approximate surface area is 175 Å². The van der Waals surface area contributed by atoms with Gasteiger partial charge in [0.05, 0.1) is 17.6 Å². The normalized spacial score (nSPS) is 12.1. The van der Waals surface area contributed by atoms with Crippen molar-refractivity contribution >= 4 is 39.7 Å². The third-order valence-corrected chi connectivity index (χ3v) is 6.21. The van der Waals surface area contributed by atoms with Crippen molar-refractivity contribution in [2.75, 3.05) is 5.32 Å². The van der Waals surface area contributed by atoms with Crippen molar-refractivity contribution in [3.05, 3.63) is 83.9 Å². The fraction of sp³-hybridized carbons (Fsp3) is 0.0909. The average Bonchev–Trinajstić information content (AvgIpc) is 2.99. The molecule has 8 heteroatoms. The van der Waals surface area contributed by atoms with Crippen LogP contribution in [0.5, 0.6) is 0 Å². The lowest BCUT2D eigenvalue weighted by Gasteiger charge is -2.14. The van der Waals surface area contributed by atoms with Gasteiger partial charge in [-0.1, -0.05) is 6.07 Å². The Hall–Kier alpha value is -3.36. The smallest absolute Gasteiger partial charge is 0.307 e. The summed E-state index contributed by atoms with van der Waals surface area (Å²) in [6.07, 6.45) is 1.41. The fourth-order valence-corrected chi connectivity index (χ4v) is 4.63. The van der Waals surface area contributed by atoms with Crippen molar-refractivity contribution in [3.8, 4) is 0 Å². The van der Waals surface area contributed by atoms with E-state index in [2.05, 4.69) is 10.3 Å². The van der Waals surface area contributed by atoms with Crippen LogP contribution >= 0.6 is 0 Å². The second-order valence-corrected chi connectivity index (χ2v) is 8.04. The van der Waals surface area contributed by atoms with Crippen LogP contribution in [0.15, 0.2) is 71.8 Å². The number of hydrogen-bond acceptors (Lipinski definition) is 4. The van der Waals surface area contributed by atoms with E-state index in [1.54, 1.807) is 41.4 Å². The molecule has 1 unspecified atom stereocenters. The molecule has 0 radical (unpaired) electrons. The maximum absolute atomic E-state index is 13.8. The first-order valence-corrected chi connectivity index (χ1v) is 10.3. The predicted octanol–water partition coefficient (Wildman–Crippen LogP) is 4.43. The minimum Gasteiger partial charge on any atom is -0.587 e. The van der Waals surface area contributed by atoms with Gasteiger partial charge in [0, 0.05) is 17.3 Å². The van der Waals surface area contributed by atoms with Gasteiger partial charge in [0.25, 0.3) is 0 Å². The summed E-state index contributed by atoms with van der Waals surface area (Å²) in [7, 11) is 0. The van der Waals surface area contributed by atoms with Crippen molar-refractivity contribution in [2.45, 2.75) is 18.2 Å². The summed E-state index contributed by atoms with van der Waals surface area (Å²) >= 11 is -1.63. The molecule has 0 bridgehead atoms. The molecule has 4 rings (SSSR count). The van der Waals surface area contributed by atoms with Crippen LogP contribution in [-0.4, -0.2) is 24.6 Å². The van der Waals surface area contributed by atoms with Gasteiger partial charge in [0.2, 0.25) is 0 Å². The fourth-order valence-electron chi connectivity index (χ4n) is 3.36. The number of aromatic nitrogens is 2. The lowest BCUT2D eigenvalue weighted by atomic mass is 10.1. The van der Waals surface area contributed by atoms with Crippen molar-refractivity contribution in [3.63, 3.8) is 0 Å². The highest BCUT2D eigenvalue weighted by Gasteiger charge is 2.25. The lowest BCUT2D eigenvalue weighted by molar-refractivity contribution is -0.136. The first-order valence-electron chi connectivity index (χ1n) is 9.15. The van der Waals surface area contributed by atoms with E-state index < -0.39 is 23.1 Å². The quantitative estimate of drug-likeness (QED) is 0.448. The zero-order valence-electron chi connectivity index (χ0n) is 16.0. The number of halogens is 1. The summed E-state index contributed by atoms with van der Waals surface area (Å²) in [4.78, 5) is 16.0. The molecule has 0 aliphatic heterocycles. The number of benzene rings is 2. The van der Waals surface area contributed by atoms with Gasteiger partial charge in [0.15, 0.2) is 4.90 Å². The molecule has 2 heterocycles. The minimum absolute atomic E-state index is 0.275. The summed E-state index contributed by atoms with van der Waals surface area (Å²) < 4.78 is 28.7. The summed E-state index contributed by atoms with van der Waals surface area (Å²) in [6.45, 7) is 1.70. The summed E-state index contributed by atoms with van der Waals surface area (Å²) in [6, 6.07) is 16.7. The Kier molecular flexibility index (Phi) is 5.43. The van der Waals surface area contributed by atoms with E-state index >= 15 is 0 Å². The van der Waals surface area contributed by atoms with Gasteiger partial charge in [-0.25, -0.2) is 9.37 Å². The average molecular weight is 423 g/mol. The van der Waals surface area contributed by atoms with Crippen LogP contribution in [0.3, 0.4) is 0 Å². The zero-order valence-corrected chi connectivity index (χ0v) is 16.8. The van der Waals surface area contributed by atoms with Crippen LogP contribution in [-0.2, 0) is 22.6 Å². The Morgan fingerprint density at radius 1 is 1.20 bits per heavy atom. The van der Waals surface area contributed by atoms with Crippen LogP contribution < -0.4 is 5.32 Å². The number of aliphatic carboxylic acids is 1. The molecule has 152 valence electrons. The van der Waals surface area contributed by atoms with E-state index in [1.807, 2.05) is 18.2 Å². The summed E-state index contributed by atoms with van der Waals surface area (Å²) in [5.74, 6) is -0.807. The number of carboxylic acid groups (broad SMARTS) is 1. The predicted molar refractivity (Wildman–Crippen MR) is 114 cm³/mol. The Balaban J connectivity index is 1.70. The van der Waals surface area contributed by atoms with E-state index in [0.29, 0.717) is 32.9 Å². The molecule has 2 aromatic heterocycles. The van der Waals surface area contributed by atoms with E-state index in [0.717, 1.165) is 5.69 Å². The van der Waals surface area contributed by atoms with E-state index in [-0.39, 0.29) is 6.42 Å². The molecule has 0 aliphatic rings. The first-order chi connectivity index (χ1) is 14.4. The standard InChI is InChI=1S/C22H18FN3O3S/c1-14-18(13-22(27)28)19-12-15(23)5-10-20(19)26(14)30(29)17-8-6-16(7-9-17)25-21-4-2-3-11-24-21/h2-12H,13H2,1H3,(H,24,25)(H,27,28). The molecule has 1 atom stereocenters. The monoisotopic (exact) mass is 423 g/mol. The number of rotatable bonds is 6. The van der Waals surface area contributed by atoms with Crippen LogP contribution in [0, 0.1) is 12.7 Å². The van der Waals surface area contributed by atoms with Gasteiger partial charge in [0.1, 0.15) is 23.0 Å². The summed E-state index contributed by atoms with van der Waals surface area (Å²) in [5.41, 5.74) is 2.31. The largest absolute Gasteiger partial charge is 0.587 e. The number of nitrogens with one attached hydrogen (secondary N) is 1. The maximum Gasteiger partial charge on any atom is 0.307 e. The van der Waals surface area contributed by atoms with Gasteiger partial charge < -0.3 is 15.0 Å². The molecule has 30 heavy (non-hydrogen) atoms. The van der Waals surface area contributed by atoms with Crippen molar-refractivity contribution in [2.24, 2.45) is 0 Å². The number of pyridine rings is 1. The molecule has 0 fully saturated rings. The number of hydrogen-bond donors (Lipinski definition) is 2. The molecule has 6 nitrogen and oxygen atoms in total. The number of nitrogens with zero attached hydrogens (tertiary/aromatic N) is 2. The lowest BCUT2D eigenvalue weighted by Crippen LogP contribution is -2.15. The third kappa shape index (κ3) is 3.87. The van der Waals surface area contributed by atoms with Crippen molar-refractivity contribution < 1.29 is 18.8 Å². The van der Waals surface area contributed by atoms with Gasteiger partial charge in [-0.2, -0.15) is 3.97 Å². The second-order valence-electron chi connectivity index (χ2n) is 6.70. The van der Waals surface area contributed by atoms with E-state index in [9.17, 15) is 18.8 Å². The molecule has 2 N–H and O–H groups in total. The number of carboxylic acids is 1. The van der Waals surface area contributed by atoms with Gasteiger partial charge >= 0.3 is 5.97 Å². The maximum atomic E-state index is 13.8. The molecule has 0 saturated heterocycles. The van der Waals surface area contributed by atoms with Crippen molar-refractivity contribution in [1.29, 1.82) is 0 Å². The molecule has 0 amide bonds. The molecule has 0 saturated carbocycles. The van der Waals surface area contributed by atoms with Gasteiger partial charge in [-0.15, -0.1) is 0 Å². The minimum atomic E-state index is -1.63. The van der Waals surface area contributed by atoms with Crippen LogP contribution in [0.4, 0.5) is 15.9 Å². The third-order valence-electron chi connectivity index (χ3n) is 4.73. The molecule has 2 aromatic carbocycles. The topological polar surface area (TPSA) is 90.2 Å². The van der Waals surface area contributed by atoms with Gasteiger partial charge in [-0.3, -0.25) is 4.79 Å². The highest BCUT2D eigenvalue weighted by atomic mass is 32.2. The molecule has 4 aromatic rings. The Morgan fingerprint density at radius 2 is 1.97 bits per heavy atom. The number of anilines is 2. The van der Waals surface area contributed by atoms with E-state index in [4.69, 9.17) is 0 Å². The number of carbonyl (C=O) groups is 1. The van der Waals surface area contributed by atoms with Crippen LogP contribution in [0.1, 0.15) is 11.3 Å². The highest BCUT2D eigenvalue weighted by molar-refractivity contribution is 7.90. The molecular weight excluding hydrogens is 405 g/mol. The molecule has 0 spiro atoms. The SMILES string of the molecule is Cc1c(CC(=O)O)c2cc(F)ccc2n1[S+]([O-])c1ccc(Nc2ccccn2)cc1. The summed E-state index contributed by atoms with van der Waals surface area (Å²) in [5, 5.41) is 12.9. The van der Waals surface area contributed by atoms with Crippen molar-refractivity contribution in [1.82, 2.24) is 8.96 Å². The Morgan fingerprint density at radius 3 is 2.63 bits per heavy atom. The van der Waals surface area contributed by atoms with Gasteiger partial charge in [-0.05, 0) is 67.1 Å². The van der Waals surface area contributed by atoms with E-state index in [1.165, 1.54) is 18.2 Å². The molecular formula is C22H18FN3O3S. The van der Waals surface area contributed by atoms with Crippen LogP contribution in [0.2, 0.25) is 0 Å². The highest BCUT2D eigenvalue weighted by Crippen LogP contribution is 2.31. The van der Waals surface area contributed by atoms with Crippen LogP contribution in [0.25, 0.3) is 10.9 Å². The zero-order chi connectivity index (χ0) is 21.3.